The summed E-state index contributed by atoms with van der Waals surface area (Å²) in [6.45, 7) is 0. The molecule has 1 amide bonds. The first-order valence-electron chi connectivity index (χ1n) is 5.31. The smallest absolute Gasteiger partial charge is 0.272 e. The summed E-state index contributed by atoms with van der Waals surface area (Å²) in [7, 11) is 0. The van der Waals surface area contributed by atoms with Gasteiger partial charge in [-0.3, -0.25) is 4.79 Å². The number of aromatic nitrogens is 2. The Bertz CT molecular complexity index is 700. The number of amides is 1. The van der Waals surface area contributed by atoms with Gasteiger partial charge in [-0.15, -0.1) is 0 Å². The van der Waals surface area contributed by atoms with Crippen LogP contribution in [0.25, 0.3) is 10.9 Å². The second-order valence-corrected chi connectivity index (χ2v) is 3.90. The lowest BCUT2D eigenvalue weighted by molar-refractivity contribution is 0.102. The van der Waals surface area contributed by atoms with Crippen molar-refractivity contribution in [3.05, 3.63) is 42.4 Å². The third-order valence-corrected chi connectivity index (χ3v) is 2.58. The number of rotatable bonds is 2. The highest BCUT2D eigenvalue weighted by atomic mass is 16.5. The van der Waals surface area contributed by atoms with E-state index in [-0.39, 0.29) is 5.91 Å². The minimum atomic E-state index is -0.257. The molecule has 0 saturated heterocycles. The van der Waals surface area contributed by atoms with E-state index in [1.165, 1.54) is 12.5 Å². The Morgan fingerprint density at radius 3 is 3.06 bits per heavy atom. The SMILES string of the molecule is Nc1ccc2[nH]c(C(=O)Nc3cnoc3)cc2c1. The van der Waals surface area contributed by atoms with E-state index in [2.05, 4.69) is 20.0 Å². The average Bonchev–Trinajstić information content (AvgIpc) is 2.96. The number of aromatic amines is 1. The number of carbonyl (C=O) groups is 1. The van der Waals surface area contributed by atoms with Crippen LogP contribution < -0.4 is 11.1 Å². The van der Waals surface area contributed by atoms with Crippen molar-refractivity contribution in [2.24, 2.45) is 0 Å². The lowest BCUT2D eigenvalue weighted by Gasteiger charge is -1.97. The zero-order valence-corrected chi connectivity index (χ0v) is 9.31. The van der Waals surface area contributed by atoms with Crippen molar-refractivity contribution in [2.75, 3.05) is 11.1 Å². The second-order valence-electron chi connectivity index (χ2n) is 3.90. The van der Waals surface area contributed by atoms with Crippen LogP contribution in [0.15, 0.2) is 41.2 Å². The molecule has 18 heavy (non-hydrogen) atoms. The lowest BCUT2D eigenvalue weighted by Crippen LogP contribution is -2.11. The van der Waals surface area contributed by atoms with Gasteiger partial charge in [-0.1, -0.05) is 5.16 Å². The van der Waals surface area contributed by atoms with Crippen molar-refractivity contribution >= 4 is 28.2 Å². The van der Waals surface area contributed by atoms with Crippen molar-refractivity contribution in [1.82, 2.24) is 10.1 Å². The number of nitrogens with two attached hydrogens (primary N) is 1. The molecular formula is C12H10N4O2. The van der Waals surface area contributed by atoms with E-state index >= 15 is 0 Å². The molecule has 2 heterocycles. The standard InChI is InChI=1S/C12H10N4O2/c13-8-1-2-10-7(3-8)4-11(16-10)12(17)15-9-5-14-18-6-9/h1-6,16H,13H2,(H,15,17). The zero-order valence-electron chi connectivity index (χ0n) is 9.31. The number of H-pyrrole nitrogens is 1. The molecule has 0 unspecified atom stereocenters. The molecule has 4 N–H and O–H groups in total. The number of benzene rings is 1. The topological polar surface area (TPSA) is 96.9 Å². The summed E-state index contributed by atoms with van der Waals surface area (Å²) in [5, 5.41) is 7.06. The predicted octanol–water partition coefficient (Wildman–Crippen LogP) is 1.99. The Hall–Kier alpha value is -2.76. The Morgan fingerprint density at radius 1 is 1.39 bits per heavy atom. The number of fused-ring (bicyclic) bond motifs is 1. The Labute approximate surface area is 102 Å². The third-order valence-electron chi connectivity index (χ3n) is 2.58. The lowest BCUT2D eigenvalue weighted by atomic mass is 10.2. The third kappa shape index (κ3) is 1.80. The largest absolute Gasteiger partial charge is 0.399 e. The van der Waals surface area contributed by atoms with Gasteiger partial charge in [0.2, 0.25) is 0 Å². The summed E-state index contributed by atoms with van der Waals surface area (Å²) < 4.78 is 4.63. The van der Waals surface area contributed by atoms with E-state index in [0.717, 1.165) is 10.9 Å². The van der Waals surface area contributed by atoms with Crippen LogP contribution in [-0.4, -0.2) is 16.0 Å². The van der Waals surface area contributed by atoms with E-state index in [1.54, 1.807) is 12.1 Å². The highest BCUT2D eigenvalue weighted by Gasteiger charge is 2.10. The van der Waals surface area contributed by atoms with Gasteiger partial charge in [0.1, 0.15) is 17.6 Å². The summed E-state index contributed by atoms with van der Waals surface area (Å²) in [6.07, 6.45) is 2.79. The van der Waals surface area contributed by atoms with Crippen molar-refractivity contribution in [3.8, 4) is 0 Å². The maximum Gasteiger partial charge on any atom is 0.272 e. The molecule has 6 heteroatoms. The minimum Gasteiger partial charge on any atom is -0.399 e. The normalized spacial score (nSPS) is 10.7. The first kappa shape index (κ1) is 10.4. The fourth-order valence-electron chi connectivity index (χ4n) is 1.74. The Kier molecular flexibility index (Phi) is 2.26. The molecule has 0 atom stereocenters. The van der Waals surface area contributed by atoms with E-state index in [9.17, 15) is 4.79 Å². The number of hydrogen-bond acceptors (Lipinski definition) is 4. The zero-order chi connectivity index (χ0) is 12.5. The van der Waals surface area contributed by atoms with Crippen LogP contribution in [0.2, 0.25) is 0 Å². The summed E-state index contributed by atoms with van der Waals surface area (Å²) in [5.74, 6) is -0.257. The van der Waals surface area contributed by atoms with Crippen LogP contribution >= 0.6 is 0 Å². The summed E-state index contributed by atoms with van der Waals surface area (Å²) in [6, 6.07) is 7.16. The number of carbonyl (C=O) groups excluding carboxylic acids is 1. The predicted molar refractivity (Wildman–Crippen MR) is 67.2 cm³/mol. The first-order chi connectivity index (χ1) is 8.72. The van der Waals surface area contributed by atoms with Gasteiger partial charge in [0.05, 0.1) is 6.20 Å². The van der Waals surface area contributed by atoms with Gasteiger partial charge >= 0.3 is 0 Å². The molecule has 0 aliphatic heterocycles. The van der Waals surface area contributed by atoms with Crippen molar-refractivity contribution < 1.29 is 9.32 Å². The molecule has 0 bridgehead atoms. The summed E-state index contributed by atoms with van der Waals surface area (Å²) in [5.41, 5.74) is 8.17. The van der Waals surface area contributed by atoms with Crippen LogP contribution in [0.3, 0.4) is 0 Å². The van der Waals surface area contributed by atoms with Crippen molar-refractivity contribution in [1.29, 1.82) is 0 Å². The number of nitrogens with zero attached hydrogens (tertiary/aromatic N) is 1. The maximum absolute atomic E-state index is 11.9. The van der Waals surface area contributed by atoms with Crippen LogP contribution in [0, 0.1) is 0 Å². The van der Waals surface area contributed by atoms with Crippen LogP contribution in [0.4, 0.5) is 11.4 Å². The number of anilines is 2. The van der Waals surface area contributed by atoms with Gasteiger partial charge < -0.3 is 20.6 Å². The van der Waals surface area contributed by atoms with Crippen molar-refractivity contribution in [3.63, 3.8) is 0 Å². The fraction of sp³-hybridized carbons (Fsp3) is 0. The van der Waals surface area contributed by atoms with Crippen LogP contribution in [0.1, 0.15) is 10.5 Å². The molecule has 0 radical (unpaired) electrons. The Morgan fingerprint density at radius 2 is 2.28 bits per heavy atom. The molecule has 0 fully saturated rings. The van der Waals surface area contributed by atoms with E-state index < -0.39 is 0 Å². The summed E-state index contributed by atoms with van der Waals surface area (Å²) in [4.78, 5) is 14.9. The molecule has 0 aliphatic carbocycles. The minimum absolute atomic E-state index is 0.257. The molecule has 90 valence electrons. The molecule has 1 aromatic carbocycles. The van der Waals surface area contributed by atoms with Crippen LogP contribution in [0.5, 0.6) is 0 Å². The molecule has 0 aliphatic rings. The number of nitrogen functional groups attached to an aromatic ring is 1. The highest BCUT2D eigenvalue weighted by Crippen LogP contribution is 2.19. The van der Waals surface area contributed by atoms with E-state index in [1.807, 2.05) is 12.1 Å². The molecule has 0 saturated carbocycles. The van der Waals surface area contributed by atoms with E-state index in [4.69, 9.17) is 5.73 Å². The van der Waals surface area contributed by atoms with Gasteiger partial charge in [-0.05, 0) is 24.3 Å². The van der Waals surface area contributed by atoms with Crippen LogP contribution in [-0.2, 0) is 0 Å². The fourth-order valence-corrected chi connectivity index (χ4v) is 1.74. The van der Waals surface area contributed by atoms with Crippen molar-refractivity contribution in [2.45, 2.75) is 0 Å². The highest BCUT2D eigenvalue weighted by molar-refractivity contribution is 6.06. The second kappa shape index (κ2) is 3.92. The number of nitrogens with one attached hydrogen (secondary N) is 2. The molecule has 0 spiro atoms. The molecule has 3 aromatic rings. The Balaban J connectivity index is 1.92. The van der Waals surface area contributed by atoms with Gasteiger partial charge in [-0.2, -0.15) is 0 Å². The van der Waals surface area contributed by atoms with E-state index in [0.29, 0.717) is 17.1 Å². The molecular weight excluding hydrogens is 232 g/mol. The summed E-state index contributed by atoms with van der Waals surface area (Å²) >= 11 is 0. The average molecular weight is 242 g/mol. The van der Waals surface area contributed by atoms with Gasteiger partial charge in [0.25, 0.3) is 5.91 Å². The first-order valence-corrected chi connectivity index (χ1v) is 5.31. The number of hydrogen-bond donors (Lipinski definition) is 3. The van der Waals surface area contributed by atoms with Gasteiger partial charge in [-0.25, -0.2) is 0 Å². The maximum atomic E-state index is 11.9. The monoisotopic (exact) mass is 242 g/mol. The molecule has 6 nitrogen and oxygen atoms in total. The quantitative estimate of drug-likeness (QED) is 0.598. The molecule has 3 rings (SSSR count). The van der Waals surface area contributed by atoms with Gasteiger partial charge in [0, 0.05) is 16.6 Å². The molecule has 2 aromatic heterocycles. The van der Waals surface area contributed by atoms with Gasteiger partial charge in [0.15, 0.2) is 0 Å².